The summed E-state index contributed by atoms with van der Waals surface area (Å²) in [6.45, 7) is 5.09. The highest BCUT2D eigenvalue weighted by atomic mass is 16.5. The molecular formula is C19H24N2O2. The van der Waals surface area contributed by atoms with Crippen molar-refractivity contribution in [1.29, 1.82) is 0 Å². The number of benzene rings is 2. The molecule has 2 aromatic rings. The maximum Gasteiger partial charge on any atom is 0.238 e. The predicted octanol–water partition coefficient (Wildman–Crippen LogP) is 3.08. The average Bonchev–Trinajstić information content (AvgIpc) is 2.54. The van der Waals surface area contributed by atoms with Crippen LogP contribution in [0.5, 0.6) is 5.75 Å². The molecule has 2 rings (SSSR count). The lowest BCUT2D eigenvalue weighted by molar-refractivity contribution is -0.115. The molecule has 122 valence electrons. The molecule has 23 heavy (non-hydrogen) atoms. The highest BCUT2D eigenvalue weighted by Gasteiger charge is 2.04. The van der Waals surface area contributed by atoms with Crippen LogP contribution in [0.1, 0.15) is 16.7 Å². The van der Waals surface area contributed by atoms with Gasteiger partial charge in [-0.25, -0.2) is 0 Å². The fourth-order valence-electron chi connectivity index (χ4n) is 2.41. The first-order valence-electron chi connectivity index (χ1n) is 7.79. The second-order valence-corrected chi connectivity index (χ2v) is 5.64. The van der Waals surface area contributed by atoms with Crippen LogP contribution in [-0.2, 0) is 11.2 Å². The fourth-order valence-corrected chi connectivity index (χ4v) is 2.41. The second kappa shape index (κ2) is 8.34. The van der Waals surface area contributed by atoms with Gasteiger partial charge < -0.3 is 15.4 Å². The van der Waals surface area contributed by atoms with Crippen molar-refractivity contribution in [2.75, 3.05) is 25.5 Å². The Morgan fingerprint density at radius 2 is 1.96 bits per heavy atom. The topological polar surface area (TPSA) is 50.4 Å². The van der Waals surface area contributed by atoms with E-state index in [1.54, 1.807) is 7.11 Å². The summed E-state index contributed by atoms with van der Waals surface area (Å²) in [5.41, 5.74) is 4.33. The SMILES string of the molecule is COc1cccc(CCNCC(=O)Nc2ccc(C)cc2C)c1. The molecule has 4 heteroatoms. The molecule has 0 saturated carbocycles. The standard InChI is InChI=1S/C19H24N2O2/c1-14-7-8-18(15(2)11-14)21-19(22)13-20-10-9-16-5-4-6-17(12-16)23-3/h4-8,11-12,20H,9-10,13H2,1-3H3,(H,21,22). The number of amides is 1. The number of carbonyl (C=O) groups is 1. The Morgan fingerprint density at radius 3 is 2.70 bits per heavy atom. The number of methoxy groups -OCH3 is 1. The number of nitrogens with one attached hydrogen (secondary N) is 2. The lowest BCUT2D eigenvalue weighted by Crippen LogP contribution is -2.29. The number of carbonyl (C=O) groups excluding carboxylic acids is 1. The highest BCUT2D eigenvalue weighted by Crippen LogP contribution is 2.15. The van der Waals surface area contributed by atoms with Crippen molar-refractivity contribution in [3.63, 3.8) is 0 Å². The van der Waals surface area contributed by atoms with Gasteiger partial charge in [0, 0.05) is 5.69 Å². The smallest absolute Gasteiger partial charge is 0.238 e. The fraction of sp³-hybridized carbons (Fsp3) is 0.316. The predicted molar refractivity (Wildman–Crippen MR) is 94.1 cm³/mol. The summed E-state index contributed by atoms with van der Waals surface area (Å²) in [5.74, 6) is 0.831. The van der Waals surface area contributed by atoms with E-state index in [0.29, 0.717) is 6.54 Å². The molecule has 4 nitrogen and oxygen atoms in total. The summed E-state index contributed by atoms with van der Waals surface area (Å²) in [6.07, 6.45) is 0.855. The number of rotatable bonds is 7. The summed E-state index contributed by atoms with van der Waals surface area (Å²) < 4.78 is 5.20. The molecule has 0 bridgehead atoms. The third-order valence-corrected chi connectivity index (χ3v) is 3.67. The largest absolute Gasteiger partial charge is 0.497 e. The summed E-state index contributed by atoms with van der Waals surface area (Å²) in [5, 5.41) is 6.10. The number of hydrogen-bond acceptors (Lipinski definition) is 3. The molecule has 0 fully saturated rings. The van der Waals surface area contributed by atoms with Gasteiger partial charge in [-0.1, -0.05) is 29.8 Å². The molecular weight excluding hydrogens is 288 g/mol. The van der Waals surface area contributed by atoms with Gasteiger partial charge in [-0.3, -0.25) is 4.79 Å². The van der Waals surface area contributed by atoms with Gasteiger partial charge in [-0.2, -0.15) is 0 Å². The summed E-state index contributed by atoms with van der Waals surface area (Å²) in [4.78, 5) is 12.0. The van der Waals surface area contributed by atoms with Gasteiger partial charge in [0.1, 0.15) is 5.75 Å². The van der Waals surface area contributed by atoms with Crippen LogP contribution in [0.25, 0.3) is 0 Å². The quantitative estimate of drug-likeness (QED) is 0.773. The summed E-state index contributed by atoms with van der Waals surface area (Å²) >= 11 is 0. The zero-order chi connectivity index (χ0) is 16.7. The zero-order valence-corrected chi connectivity index (χ0v) is 14.0. The molecule has 0 aliphatic rings. The van der Waals surface area contributed by atoms with Crippen LogP contribution >= 0.6 is 0 Å². The summed E-state index contributed by atoms with van der Waals surface area (Å²) in [6, 6.07) is 14.0. The van der Waals surface area contributed by atoms with Gasteiger partial charge in [0.25, 0.3) is 0 Å². The third kappa shape index (κ3) is 5.42. The van der Waals surface area contributed by atoms with Crippen LogP contribution in [0.3, 0.4) is 0 Å². The van der Waals surface area contributed by atoms with Gasteiger partial charge in [-0.05, 0) is 56.1 Å². The second-order valence-electron chi connectivity index (χ2n) is 5.64. The molecule has 0 aliphatic carbocycles. The molecule has 0 saturated heterocycles. The van der Waals surface area contributed by atoms with E-state index in [9.17, 15) is 4.79 Å². The molecule has 2 N–H and O–H groups in total. The van der Waals surface area contributed by atoms with E-state index in [2.05, 4.69) is 22.8 Å². The van der Waals surface area contributed by atoms with Crippen molar-refractivity contribution in [3.05, 3.63) is 59.2 Å². The summed E-state index contributed by atoms with van der Waals surface area (Å²) in [7, 11) is 1.66. The van der Waals surface area contributed by atoms with Gasteiger partial charge in [0.05, 0.1) is 13.7 Å². The van der Waals surface area contributed by atoms with E-state index in [0.717, 1.165) is 30.0 Å². The van der Waals surface area contributed by atoms with E-state index in [-0.39, 0.29) is 5.91 Å². The Hall–Kier alpha value is -2.33. The molecule has 0 aliphatic heterocycles. The molecule has 0 heterocycles. The van der Waals surface area contributed by atoms with Crippen molar-refractivity contribution < 1.29 is 9.53 Å². The Balaban J connectivity index is 1.74. The van der Waals surface area contributed by atoms with Gasteiger partial charge in [-0.15, -0.1) is 0 Å². The maximum absolute atomic E-state index is 12.0. The van der Waals surface area contributed by atoms with Crippen molar-refractivity contribution >= 4 is 11.6 Å². The first kappa shape index (κ1) is 17.0. The monoisotopic (exact) mass is 312 g/mol. The number of aryl methyl sites for hydroxylation is 2. The van der Waals surface area contributed by atoms with E-state index in [1.807, 2.05) is 44.2 Å². The van der Waals surface area contributed by atoms with E-state index in [4.69, 9.17) is 4.74 Å². The number of hydrogen-bond donors (Lipinski definition) is 2. The Labute approximate surface area is 137 Å². The van der Waals surface area contributed by atoms with Crippen LogP contribution in [0.2, 0.25) is 0 Å². The average molecular weight is 312 g/mol. The van der Waals surface area contributed by atoms with Crippen molar-refractivity contribution in [2.45, 2.75) is 20.3 Å². The molecule has 1 amide bonds. The Bertz CT molecular complexity index is 668. The van der Waals surface area contributed by atoms with Crippen molar-refractivity contribution in [1.82, 2.24) is 5.32 Å². The Kier molecular flexibility index (Phi) is 6.18. The van der Waals surface area contributed by atoms with Crippen LogP contribution in [-0.4, -0.2) is 26.1 Å². The zero-order valence-electron chi connectivity index (χ0n) is 14.0. The minimum absolute atomic E-state index is 0.0254. The van der Waals surface area contributed by atoms with Gasteiger partial charge in [0.2, 0.25) is 5.91 Å². The lowest BCUT2D eigenvalue weighted by atomic mass is 10.1. The van der Waals surface area contributed by atoms with Crippen LogP contribution < -0.4 is 15.4 Å². The normalized spacial score (nSPS) is 10.4. The first-order chi connectivity index (χ1) is 11.1. The molecule has 0 spiro atoms. The third-order valence-electron chi connectivity index (χ3n) is 3.67. The molecule has 0 aromatic heterocycles. The molecule has 2 aromatic carbocycles. The molecule has 0 atom stereocenters. The van der Waals surface area contributed by atoms with Crippen LogP contribution in [0, 0.1) is 13.8 Å². The highest BCUT2D eigenvalue weighted by molar-refractivity contribution is 5.92. The van der Waals surface area contributed by atoms with Gasteiger partial charge >= 0.3 is 0 Å². The van der Waals surface area contributed by atoms with Crippen LogP contribution in [0.4, 0.5) is 5.69 Å². The Morgan fingerprint density at radius 1 is 1.13 bits per heavy atom. The van der Waals surface area contributed by atoms with Crippen molar-refractivity contribution in [3.8, 4) is 5.75 Å². The van der Waals surface area contributed by atoms with E-state index < -0.39 is 0 Å². The molecule has 0 unspecified atom stereocenters. The van der Waals surface area contributed by atoms with E-state index in [1.165, 1.54) is 11.1 Å². The minimum atomic E-state index is -0.0254. The van der Waals surface area contributed by atoms with Crippen molar-refractivity contribution in [2.24, 2.45) is 0 Å². The number of anilines is 1. The minimum Gasteiger partial charge on any atom is -0.497 e. The lowest BCUT2D eigenvalue weighted by Gasteiger charge is -2.10. The molecule has 0 radical (unpaired) electrons. The van der Waals surface area contributed by atoms with E-state index >= 15 is 0 Å². The number of ether oxygens (including phenoxy) is 1. The maximum atomic E-state index is 12.0. The van der Waals surface area contributed by atoms with Crippen LogP contribution in [0.15, 0.2) is 42.5 Å². The first-order valence-corrected chi connectivity index (χ1v) is 7.79. The van der Waals surface area contributed by atoms with Gasteiger partial charge in [0.15, 0.2) is 0 Å².